The lowest BCUT2D eigenvalue weighted by atomic mass is 10.1. The molecule has 3 N–H and O–H groups in total. The number of nitrogens with one attached hydrogen (secondary N) is 3. The van der Waals surface area contributed by atoms with Gasteiger partial charge in [0.25, 0.3) is 5.91 Å². The van der Waals surface area contributed by atoms with Crippen molar-refractivity contribution >= 4 is 23.2 Å². The fourth-order valence-electron chi connectivity index (χ4n) is 2.68. The number of anilines is 2. The summed E-state index contributed by atoms with van der Waals surface area (Å²) >= 11 is 0. The third-order valence-electron chi connectivity index (χ3n) is 3.99. The molecule has 0 radical (unpaired) electrons. The number of amides is 2. The molecule has 0 bridgehead atoms. The Bertz CT molecular complexity index is 970. The van der Waals surface area contributed by atoms with E-state index in [4.69, 9.17) is 0 Å². The summed E-state index contributed by atoms with van der Waals surface area (Å²) in [5, 5.41) is 19.7. The highest BCUT2D eigenvalue weighted by atomic mass is 16.2. The molecule has 9 nitrogen and oxygen atoms in total. The molecule has 2 aromatic carbocycles. The molecule has 1 heterocycles. The maximum atomic E-state index is 12.2. The number of benzene rings is 2. The van der Waals surface area contributed by atoms with Gasteiger partial charge in [0, 0.05) is 23.5 Å². The molecule has 2 amide bonds. The highest BCUT2D eigenvalue weighted by Gasteiger charge is 2.08. The first kappa shape index (κ1) is 19.0. The third-order valence-corrected chi connectivity index (χ3v) is 3.99. The second-order valence-electron chi connectivity index (χ2n) is 6.10. The predicted octanol–water partition coefficient (Wildman–Crippen LogP) is 1.77. The Morgan fingerprint density at radius 3 is 2.68 bits per heavy atom. The molecule has 3 rings (SSSR count). The van der Waals surface area contributed by atoms with Crippen molar-refractivity contribution in [2.24, 2.45) is 0 Å². The van der Waals surface area contributed by atoms with Gasteiger partial charge in [-0.1, -0.05) is 6.07 Å². The van der Waals surface area contributed by atoms with Crippen LogP contribution in [-0.4, -0.2) is 45.1 Å². The molecule has 28 heavy (non-hydrogen) atoms. The Morgan fingerprint density at radius 2 is 1.96 bits per heavy atom. The number of hydrogen-bond donors (Lipinski definition) is 3. The van der Waals surface area contributed by atoms with Crippen LogP contribution in [-0.2, 0) is 4.79 Å². The molecule has 0 spiro atoms. The molecular formula is C19H21N7O2. The van der Waals surface area contributed by atoms with Gasteiger partial charge in [0.05, 0.1) is 12.2 Å². The van der Waals surface area contributed by atoms with E-state index in [1.165, 1.54) is 6.33 Å². The molecule has 0 saturated carbocycles. The molecule has 0 aliphatic heterocycles. The Balaban J connectivity index is 1.58. The molecule has 0 atom stereocenters. The summed E-state index contributed by atoms with van der Waals surface area (Å²) in [6.45, 7) is 4.43. The maximum absolute atomic E-state index is 12.2. The van der Waals surface area contributed by atoms with Crippen molar-refractivity contribution in [3.63, 3.8) is 0 Å². The third kappa shape index (κ3) is 4.70. The van der Waals surface area contributed by atoms with Crippen LogP contribution in [0, 0.1) is 6.92 Å². The lowest BCUT2D eigenvalue weighted by Gasteiger charge is -2.11. The molecule has 3 aromatic rings. The summed E-state index contributed by atoms with van der Waals surface area (Å²) in [7, 11) is 0. The molecular weight excluding hydrogens is 358 g/mol. The van der Waals surface area contributed by atoms with Crippen LogP contribution in [0.3, 0.4) is 0 Å². The molecule has 0 saturated heterocycles. The second-order valence-corrected chi connectivity index (χ2v) is 6.10. The maximum Gasteiger partial charge on any atom is 0.251 e. The zero-order valence-electron chi connectivity index (χ0n) is 15.6. The first-order chi connectivity index (χ1) is 13.6. The van der Waals surface area contributed by atoms with Crippen LogP contribution < -0.4 is 16.0 Å². The van der Waals surface area contributed by atoms with Crippen molar-refractivity contribution in [1.82, 2.24) is 25.5 Å². The topological polar surface area (TPSA) is 114 Å². The van der Waals surface area contributed by atoms with E-state index in [0.29, 0.717) is 17.8 Å². The number of nitrogens with zero attached hydrogens (tertiary/aromatic N) is 4. The fraction of sp³-hybridized carbons (Fsp3) is 0.211. The predicted molar refractivity (Wildman–Crippen MR) is 105 cm³/mol. The van der Waals surface area contributed by atoms with Crippen molar-refractivity contribution in [2.45, 2.75) is 13.8 Å². The smallest absolute Gasteiger partial charge is 0.251 e. The quantitative estimate of drug-likeness (QED) is 0.576. The number of tetrazole rings is 1. The minimum absolute atomic E-state index is 0.0923. The zero-order chi connectivity index (χ0) is 19.9. The van der Waals surface area contributed by atoms with Gasteiger partial charge >= 0.3 is 0 Å². The van der Waals surface area contributed by atoms with Gasteiger partial charge < -0.3 is 16.0 Å². The molecule has 0 unspecified atom stereocenters. The summed E-state index contributed by atoms with van der Waals surface area (Å²) in [5.41, 5.74) is 3.71. The SMILES string of the molecule is CCNC(=O)c1cccc(NC(=O)CNc2ccc(-n3cnnn3)c(C)c2)c1. The van der Waals surface area contributed by atoms with E-state index in [2.05, 4.69) is 31.5 Å². The minimum Gasteiger partial charge on any atom is -0.376 e. The largest absolute Gasteiger partial charge is 0.376 e. The summed E-state index contributed by atoms with van der Waals surface area (Å²) in [4.78, 5) is 24.1. The normalized spacial score (nSPS) is 10.4. The van der Waals surface area contributed by atoms with Gasteiger partial charge in [-0.25, -0.2) is 4.68 Å². The number of rotatable bonds is 7. The van der Waals surface area contributed by atoms with E-state index in [9.17, 15) is 9.59 Å². The number of aromatic nitrogens is 4. The van der Waals surface area contributed by atoms with Crippen molar-refractivity contribution in [3.8, 4) is 5.69 Å². The zero-order valence-corrected chi connectivity index (χ0v) is 15.6. The molecule has 144 valence electrons. The number of carbonyl (C=O) groups excluding carboxylic acids is 2. The van der Waals surface area contributed by atoms with Crippen LogP contribution in [0.2, 0.25) is 0 Å². The van der Waals surface area contributed by atoms with Crippen LogP contribution in [0.5, 0.6) is 0 Å². The summed E-state index contributed by atoms with van der Waals surface area (Å²) < 4.78 is 1.58. The number of aryl methyl sites for hydroxylation is 1. The van der Waals surface area contributed by atoms with Gasteiger partial charge in [-0.2, -0.15) is 0 Å². The lowest BCUT2D eigenvalue weighted by molar-refractivity contribution is -0.114. The monoisotopic (exact) mass is 379 g/mol. The average molecular weight is 379 g/mol. The van der Waals surface area contributed by atoms with Crippen LogP contribution in [0.1, 0.15) is 22.8 Å². The van der Waals surface area contributed by atoms with Crippen molar-refractivity contribution in [3.05, 3.63) is 59.9 Å². The van der Waals surface area contributed by atoms with Crippen LogP contribution in [0.25, 0.3) is 5.69 Å². The summed E-state index contributed by atoms with van der Waals surface area (Å²) in [6.07, 6.45) is 1.53. The lowest BCUT2D eigenvalue weighted by Crippen LogP contribution is -2.24. The van der Waals surface area contributed by atoms with Crippen LogP contribution in [0.15, 0.2) is 48.8 Å². The average Bonchev–Trinajstić information content (AvgIpc) is 3.21. The number of hydrogen-bond acceptors (Lipinski definition) is 6. The Labute approximate surface area is 162 Å². The molecule has 0 aliphatic rings. The van der Waals surface area contributed by atoms with Gasteiger partial charge in [-0.05, 0) is 66.2 Å². The Hall–Kier alpha value is -3.75. The molecule has 0 aliphatic carbocycles. The van der Waals surface area contributed by atoms with E-state index in [1.54, 1.807) is 28.9 Å². The minimum atomic E-state index is -0.213. The Morgan fingerprint density at radius 1 is 1.11 bits per heavy atom. The van der Waals surface area contributed by atoms with Crippen molar-refractivity contribution in [2.75, 3.05) is 23.7 Å². The van der Waals surface area contributed by atoms with E-state index in [0.717, 1.165) is 16.9 Å². The van der Waals surface area contributed by atoms with Crippen molar-refractivity contribution < 1.29 is 9.59 Å². The van der Waals surface area contributed by atoms with E-state index >= 15 is 0 Å². The standard InChI is InChI=1S/C19H21N7O2/c1-3-20-19(28)14-5-4-6-16(10-14)23-18(27)11-21-15-7-8-17(13(2)9-15)26-12-22-24-25-26/h4-10,12,21H,3,11H2,1-2H3,(H,20,28)(H,23,27). The van der Waals surface area contributed by atoms with Crippen LogP contribution >= 0.6 is 0 Å². The fourth-order valence-corrected chi connectivity index (χ4v) is 2.68. The summed E-state index contributed by atoms with van der Waals surface area (Å²) in [5.74, 6) is -0.384. The van der Waals surface area contributed by atoms with Gasteiger partial charge in [0.15, 0.2) is 0 Å². The first-order valence-electron chi connectivity index (χ1n) is 8.83. The van der Waals surface area contributed by atoms with E-state index in [1.807, 2.05) is 32.0 Å². The highest BCUT2D eigenvalue weighted by Crippen LogP contribution is 2.18. The van der Waals surface area contributed by atoms with E-state index < -0.39 is 0 Å². The van der Waals surface area contributed by atoms with Gasteiger partial charge in [-0.3, -0.25) is 9.59 Å². The second kappa shape index (κ2) is 8.76. The Kier molecular flexibility index (Phi) is 5.95. The van der Waals surface area contributed by atoms with Gasteiger partial charge in [0.1, 0.15) is 6.33 Å². The highest BCUT2D eigenvalue weighted by molar-refractivity contribution is 5.98. The number of carbonyl (C=O) groups is 2. The molecule has 9 heteroatoms. The molecule has 0 fully saturated rings. The van der Waals surface area contributed by atoms with Crippen molar-refractivity contribution in [1.29, 1.82) is 0 Å². The summed E-state index contributed by atoms with van der Waals surface area (Å²) in [6, 6.07) is 12.5. The first-order valence-corrected chi connectivity index (χ1v) is 8.83. The van der Waals surface area contributed by atoms with Gasteiger partial charge in [-0.15, -0.1) is 5.10 Å². The van der Waals surface area contributed by atoms with E-state index in [-0.39, 0.29) is 18.4 Å². The molecule has 1 aromatic heterocycles. The van der Waals surface area contributed by atoms with Gasteiger partial charge in [0.2, 0.25) is 5.91 Å². The van der Waals surface area contributed by atoms with Crippen LogP contribution in [0.4, 0.5) is 11.4 Å².